The molecule has 2 aromatic heterocycles. The second-order valence-corrected chi connectivity index (χ2v) is 8.08. The number of anilines is 1. The summed E-state index contributed by atoms with van der Waals surface area (Å²) in [5, 5.41) is 16.2. The molecule has 3 heterocycles. The molecular weight excluding hydrogens is 383 g/mol. The molecule has 0 spiro atoms. The number of likely N-dealkylation sites (tertiary alicyclic amines) is 1. The highest BCUT2D eigenvalue weighted by atomic mass is 35.5. The van der Waals surface area contributed by atoms with Crippen LogP contribution in [-0.2, 0) is 6.54 Å². The van der Waals surface area contributed by atoms with Gasteiger partial charge >= 0.3 is 0 Å². The number of aromatic nitrogens is 1. The topological polar surface area (TPSA) is 52.0 Å². The van der Waals surface area contributed by atoms with Crippen LogP contribution in [0.5, 0.6) is 0 Å². The third kappa shape index (κ3) is 4.06. The van der Waals surface area contributed by atoms with Crippen LogP contribution in [0.3, 0.4) is 0 Å². The number of nitrogens with one attached hydrogen (secondary N) is 1. The van der Waals surface area contributed by atoms with Crippen molar-refractivity contribution in [1.29, 1.82) is 5.26 Å². The third-order valence-corrected chi connectivity index (χ3v) is 5.96. The number of halogens is 2. The average Bonchev–Trinajstić information content (AvgIpc) is 3.13. The number of nitriles is 1. The van der Waals surface area contributed by atoms with E-state index in [1.165, 1.54) is 6.07 Å². The third-order valence-electron chi connectivity index (χ3n) is 4.90. The lowest BCUT2D eigenvalue weighted by molar-refractivity contribution is 0.211. The van der Waals surface area contributed by atoms with Crippen LogP contribution in [0.4, 0.5) is 10.2 Å². The molecule has 0 atom stereocenters. The standard InChI is InChI=1S/C20H18ClFN4S/c21-19-10-18-16(5-8-27-18)20(25-19)24-15-3-6-26(7-4-15)12-13-1-2-17(22)14(9-13)11-23/h1-2,5,8-10,15H,3-4,6-7,12H2,(H,24,25). The molecule has 1 aliphatic heterocycles. The van der Waals surface area contributed by atoms with Crippen molar-refractivity contribution in [2.24, 2.45) is 0 Å². The fourth-order valence-corrected chi connectivity index (χ4v) is 4.57. The molecule has 0 aliphatic carbocycles. The number of fused-ring (bicyclic) bond motifs is 1. The molecule has 27 heavy (non-hydrogen) atoms. The molecular formula is C20H18ClFN4S. The highest BCUT2D eigenvalue weighted by Gasteiger charge is 2.21. The van der Waals surface area contributed by atoms with Gasteiger partial charge in [0.1, 0.15) is 22.9 Å². The Kier molecular flexibility index (Phi) is 5.26. The van der Waals surface area contributed by atoms with Gasteiger partial charge in [-0.2, -0.15) is 5.26 Å². The van der Waals surface area contributed by atoms with Crippen molar-refractivity contribution in [3.05, 3.63) is 57.8 Å². The summed E-state index contributed by atoms with van der Waals surface area (Å²) in [5.41, 5.74) is 1.08. The Labute approximate surface area is 166 Å². The first-order valence-electron chi connectivity index (χ1n) is 8.83. The maximum absolute atomic E-state index is 13.5. The van der Waals surface area contributed by atoms with E-state index in [4.69, 9.17) is 16.9 Å². The molecule has 1 N–H and O–H groups in total. The van der Waals surface area contributed by atoms with Crippen LogP contribution in [0.15, 0.2) is 35.7 Å². The molecule has 1 saturated heterocycles. The minimum Gasteiger partial charge on any atom is -0.367 e. The Hall–Kier alpha value is -2.20. The Bertz CT molecular complexity index is 1000. The van der Waals surface area contributed by atoms with Gasteiger partial charge < -0.3 is 5.32 Å². The molecule has 0 amide bonds. The summed E-state index contributed by atoms with van der Waals surface area (Å²) in [6.07, 6.45) is 1.98. The first-order chi connectivity index (χ1) is 13.1. The molecule has 1 fully saturated rings. The average molecular weight is 401 g/mol. The molecule has 4 nitrogen and oxygen atoms in total. The van der Waals surface area contributed by atoms with Gasteiger partial charge in [-0.05, 0) is 48.1 Å². The highest BCUT2D eigenvalue weighted by Crippen LogP contribution is 2.30. The molecule has 1 aromatic carbocycles. The predicted octanol–water partition coefficient (Wildman–Crippen LogP) is 5.04. The van der Waals surface area contributed by atoms with Gasteiger partial charge in [0.05, 0.1) is 5.56 Å². The maximum atomic E-state index is 13.5. The second-order valence-electron chi connectivity index (χ2n) is 6.75. The van der Waals surface area contributed by atoms with Gasteiger partial charge in [0.25, 0.3) is 0 Å². The molecule has 4 rings (SSSR count). The van der Waals surface area contributed by atoms with Gasteiger partial charge in [0.2, 0.25) is 0 Å². The number of hydrogen-bond donors (Lipinski definition) is 1. The summed E-state index contributed by atoms with van der Waals surface area (Å²) < 4.78 is 14.6. The summed E-state index contributed by atoms with van der Waals surface area (Å²) in [5.74, 6) is 0.396. The van der Waals surface area contributed by atoms with Crippen LogP contribution in [0.1, 0.15) is 24.0 Å². The zero-order chi connectivity index (χ0) is 18.8. The number of nitrogens with zero attached hydrogens (tertiary/aromatic N) is 3. The fourth-order valence-electron chi connectivity index (χ4n) is 3.49. The summed E-state index contributed by atoms with van der Waals surface area (Å²) in [7, 11) is 0. The normalized spacial score (nSPS) is 15.7. The number of piperidine rings is 1. The van der Waals surface area contributed by atoms with Gasteiger partial charge in [-0.25, -0.2) is 9.37 Å². The summed E-state index contributed by atoms with van der Waals surface area (Å²) in [6, 6.07) is 11.0. The summed E-state index contributed by atoms with van der Waals surface area (Å²) >= 11 is 7.81. The lowest BCUT2D eigenvalue weighted by Gasteiger charge is -2.32. The van der Waals surface area contributed by atoms with E-state index in [0.29, 0.717) is 11.2 Å². The van der Waals surface area contributed by atoms with E-state index in [1.807, 2.05) is 12.1 Å². The largest absolute Gasteiger partial charge is 0.367 e. The number of hydrogen-bond acceptors (Lipinski definition) is 5. The van der Waals surface area contributed by atoms with Gasteiger partial charge in [-0.3, -0.25) is 4.90 Å². The van der Waals surface area contributed by atoms with E-state index in [9.17, 15) is 4.39 Å². The van der Waals surface area contributed by atoms with Crippen molar-refractivity contribution < 1.29 is 4.39 Å². The summed E-state index contributed by atoms with van der Waals surface area (Å²) in [4.78, 5) is 6.79. The van der Waals surface area contributed by atoms with Crippen molar-refractivity contribution in [1.82, 2.24) is 9.88 Å². The lowest BCUT2D eigenvalue weighted by atomic mass is 10.0. The van der Waals surface area contributed by atoms with Gasteiger partial charge in [-0.1, -0.05) is 17.7 Å². The molecule has 7 heteroatoms. The Morgan fingerprint density at radius 1 is 1.30 bits per heavy atom. The maximum Gasteiger partial charge on any atom is 0.140 e. The minimum absolute atomic E-state index is 0.107. The van der Waals surface area contributed by atoms with Crippen LogP contribution >= 0.6 is 22.9 Å². The monoisotopic (exact) mass is 400 g/mol. The van der Waals surface area contributed by atoms with Crippen molar-refractivity contribution in [2.75, 3.05) is 18.4 Å². The molecule has 1 aliphatic rings. The molecule has 0 saturated carbocycles. The van der Waals surface area contributed by atoms with Crippen molar-refractivity contribution in [2.45, 2.75) is 25.4 Å². The second kappa shape index (κ2) is 7.81. The Morgan fingerprint density at radius 2 is 2.11 bits per heavy atom. The van der Waals surface area contributed by atoms with Crippen molar-refractivity contribution >= 4 is 38.8 Å². The van der Waals surface area contributed by atoms with E-state index in [2.05, 4.69) is 26.6 Å². The number of pyridine rings is 1. The SMILES string of the molecule is N#Cc1cc(CN2CCC(Nc3nc(Cl)cc4sccc34)CC2)ccc1F. The molecule has 138 valence electrons. The van der Waals surface area contributed by atoms with Gasteiger partial charge in [-0.15, -0.1) is 11.3 Å². The zero-order valence-electron chi connectivity index (χ0n) is 14.6. The van der Waals surface area contributed by atoms with Crippen LogP contribution in [0.25, 0.3) is 10.1 Å². The molecule has 0 bridgehead atoms. The van der Waals surface area contributed by atoms with Gasteiger partial charge in [0, 0.05) is 35.8 Å². The Morgan fingerprint density at radius 3 is 2.89 bits per heavy atom. The number of benzene rings is 1. The van der Waals surface area contributed by atoms with Crippen LogP contribution < -0.4 is 5.32 Å². The molecule has 0 radical (unpaired) electrons. The van der Waals surface area contributed by atoms with Crippen molar-refractivity contribution in [3.63, 3.8) is 0 Å². The smallest absolute Gasteiger partial charge is 0.140 e. The van der Waals surface area contributed by atoms with E-state index in [1.54, 1.807) is 23.5 Å². The quantitative estimate of drug-likeness (QED) is 0.623. The molecule has 3 aromatic rings. The molecule has 0 unspecified atom stereocenters. The first-order valence-corrected chi connectivity index (χ1v) is 10.1. The first kappa shape index (κ1) is 18.2. The van der Waals surface area contributed by atoms with Crippen LogP contribution in [0, 0.1) is 17.1 Å². The predicted molar refractivity (Wildman–Crippen MR) is 108 cm³/mol. The lowest BCUT2D eigenvalue weighted by Crippen LogP contribution is -2.38. The van der Waals surface area contributed by atoms with E-state index in [-0.39, 0.29) is 5.56 Å². The van der Waals surface area contributed by atoms with E-state index < -0.39 is 5.82 Å². The number of thiophene rings is 1. The highest BCUT2D eigenvalue weighted by molar-refractivity contribution is 7.17. The number of rotatable bonds is 4. The van der Waals surface area contributed by atoms with Crippen LogP contribution in [0.2, 0.25) is 5.15 Å². The van der Waals surface area contributed by atoms with E-state index in [0.717, 1.165) is 53.9 Å². The Balaban J connectivity index is 1.38. The van der Waals surface area contributed by atoms with E-state index >= 15 is 0 Å². The fraction of sp³-hybridized carbons (Fsp3) is 0.300. The summed E-state index contributed by atoms with van der Waals surface area (Å²) in [6.45, 7) is 2.60. The minimum atomic E-state index is -0.460. The zero-order valence-corrected chi connectivity index (χ0v) is 16.2. The van der Waals surface area contributed by atoms with Crippen molar-refractivity contribution in [3.8, 4) is 6.07 Å². The van der Waals surface area contributed by atoms with Crippen LogP contribution in [-0.4, -0.2) is 29.0 Å². The van der Waals surface area contributed by atoms with Gasteiger partial charge in [0.15, 0.2) is 0 Å².